The van der Waals surface area contributed by atoms with Gasteiger partial charge in [0, 0.05) is 22.5 Å². The van der Waals surface area contributed by atoms with Gasteiger partial charge in [0.25, 0.3) is 0 Å². The zero-order valence-electron chi connectivity index (χ0n) is 17.6. The van der Waals surface area contributed by atoms with Gasteiger partial charge in [0.15, 0.2) is 11.5 Å². The summed E-state index contributed by atoms with van der Waals surface area (Å²) < 4.78 is 6.72. The molecule has 0 saturated heterocycles. The number of nitrogens with two attached hydrogens (primary N) is 1. The number of pyridine rings is 2. The number of fused-ring (bicyclic) bond motifs is 1. The first-order valence-corrected chi connectivity index (χ1v) is 10.5. The van der Waals surface area contributed by atoms with Crippen LogP contribution in [0.3, 0.4) is 0 Å². The summed E-state index contributed by atoms with van der Waals surface area (Å²) in [5.74, 6) is 0.553. The van der Waals surface area contributed by atoms with Crippen LogP contribution >= 0.6 is 11.6 Å². The van der Waals surface area contributed by atoms with Crippen LogP contribution in [0.4, 0.5) is 5.82 Å². The Morgan fingerprint density at radius 1 is 0.970 bits per heavy atom. The highest BCUT2D eigenvalue weighted by atomic mass is 35.5. The van der Waals surface area contributed by atoms with E-state index in [1.54, 1.807) is 18.3 Å². The number of carbonyl (C=O) groups is 1. The molecule has 0 spiro atoms. The topological polar surface area (TPSA) is 95.9 Å². The van der Waals surface area contributed by atoms with Gasteiger partial charge in [-0.05, 0) is 60.7 Å². The lowest BCUT2D eigenvalue weighted by atomic mass is 10.1. The van der Waals surface area contributed by atoms with Crippen molar-refractivity contribution in [2.75, 3.05) is 12.8 Å². The number of hydrogen-bond acceptors (Lipinski definition) is 6. The molecule has 162 valence electrons. The standard InChI is InChI=1S/C25H18ClN5O2/c1-33-25(32)16-6-10-18(11-7-16)31-23(19-3-2-14-28-22(19)27)30-21-13-12-20(29-24(21)31)15-4-8-17(26)9-5-15/h2-14H,1H3,(H2,27,28). The fraction of sp³-hybridized carbons (Fsp3) is 0.0400. The number of imidazole rings is 1. The van der Waals surface area contributed by atoms with Crippen molar-refractivity contribution in [3.8, 4) is 28.3 Å². The Hall–Kier alpha value is -4.23. The highest BCUT2D eigenvalue weighted by Crippen LogP contribution is 2.32. The number of nitrogen functional groups attached to an aromatic ring is 1. The first-order chi connectivity index (χ1) is 16.0. The number of esters is 1. The minimum atomic E-state index is -0.406. The monoisotopic (exact) mass is 455 g/mol. The minimum Gasteiger partial charge on any atom is -0.465 e. The quantitative estimate of drug-likeness (QED) is 0.375. The molecule has 0 atom stereocenters. The molecule has 0 bridgehead atoms. The Morgan fingerprint density at radius 2 is 1.73 bits per heavy atom. The predicted octanol–water partition coefficient (Wildman–Crippen LogP) is 5.17. The molecule has 3 aromatic heterocycles. The molecule has 33 heavy (non-hydrogen) atoms. The van der Waals surface area contributed by atoms with E-state index in [0.717, 1.165) is 16.9 Å². The lowest BCUT2D eigenvalue weighted by Crippen LogP contribution is -2.04. The van der Waals surface area contributed by atoms with Crippen LogP contribution in [0.15, 0.2) is 79.0 Å². The Kier molecular flexibility index (Phi) is 5.24. The van der Waals surface area contributed by atoms with Crippen molar-refractivity contribution in [2.45, 2.75) is 0 Å². The van der Waals surface area contributed by atoms with Crippen LogP contribution in [0, 0.1) is 0 Å². The van der Waals surface area contributed by atoms with Crippen LogP contribution in [-0.4, -0.2) is 32.6 Å². The molecule has 0 aliphatic rings. The number of nitrogens with zero attached hydrogens (tertiary/aromatic N) is 4. The predicted molar refractivity (Wildman–Crippen MR) is 128 cm³/mol. The van der Waals surface area contributed by atoms with E-state index in [0.29, 0.717) is 39.0 Å². The van der Waals surface area contributed by atoms with Crippen LogP contribution in [0.2, 0.25) is 5.02 Å². The molecule has 0 fully saturated rings. The van der Waals surface area contributed by atoms with Gasteiger partial charge in [0.05, 0.1) is 23.9 Å². The van der Waals surface area contributed by atoms with Gasteiger partial charge >= 0.3 is 5.97 Å². The molecule has 0 saturated carbocycles. The molecule has 0 radical (unpaired) electrons. The summed E-state index contributed by atoms with van der Waals surface area (Å²) in [4.78, 5) is 25.8. The molecule has 0 aliphatic heterocycles. The SMILES string of the molecule is COC(=O)c1ccc(-n2c(-c3cccnc3N)nc3ccc(-c4ccc(Cl)cc4)nc32)cc1. The van der Waals surface area contributed by atoms with Gasteiger partial charge in [-0.1, -0.05) is 23.7 Å². The fourth-order valence-electron chi connectivity index (χ4n) is 3.63. The average molecular weight is 456 g/mol. The van der Waals surface area contributed by atoms with Gasteiger partial charge in [-0.25, -0.2) is 19.7 Å². The van der Waals surface area contributed by atoms with Crippen molar-refractivity contribution in [3.63, 3.8) is 0 Å². The summed E-state index contributed by atoms with van der Waals surface area (Å²) in [7, 11) is 1.35. The number of methoxy groups -OCH3 is 1. The van der Waals surface area contributed by atoms with Crippen molar-refractivity contribution >= 4 is 34.6 Å². The van der Waals surface area contributed by atoms with Crippen molar-refractivity contribution in [2.24, 2.45) is 0 Å². The number of hydrogen-bond donors (Lipinski definition) is 1. The second kappa shape index (κ2) is 8.37. The van der Waals surface area contributed by atoms with Gasteiger partial charge in [-0.2, -0.15) is 0 Å². The molecule has 2 aromatic carbocycles. The van der Waals surface area contributed by atoms with Crippen LogP contribution in [0.5, 0.6) is 0 Å². The van der Waals surface area contributed by atoms with Crippen molar-refractivity contribution in [3.05, 3.63) is 89.6 Å². The third-order valence-corrected chi connectivity index (χ3v) is 5.52. The summed E-state index contributed by atoms with van der Waals surface area (Å²) in [6.45, 7) is 0. The van der Waals surface area contributed by atoms with E-state index in [1.165, 1.54) is 7.11 Å². The maximum absolute atomic E-state index is 11.9. The third kappa shape index (κ3) is 3.79. The highest BCUT2D eigenvalue weighted by molar-refractivity contribution is 6.30. The number of ether oxygens (including phenoxy) is 1. The molecule has 5 rings (SSSR count). The van der Waals surface area contributed by atoms with E-state index in [2.05, 4.69) is 4.98 Å². The van der Waals surface area contributed by atoms with Crippen molar-refractivity contribution in [1.29, 1.82) is 0 Å². The second-order valence-electron chi connectivity index (χ2n) is 7.29. The zero-order chi connectivity index (χ0) is 22.9. The fourth-order valence-corrected chi connectivity index (χ4v) is 3.76. The lowest BCUT2D eigenvalue weighted by Gasteiger charge is -2.11. The number of benzene rings is 2. The van der Waals surface area contributed by atoms with Crippen LogP contribution < -0.4 is 5.73 Å². The molecular formula is C25H18ClN5O2. The van der Waals surface area contributed by atoms with E-state index in [4.69, 9.17) is 32.0 Å². The van der Waals surface area contributed by atoms with Gasteiger partial charge in [-0.3, -0.25) is 4.57 Å². The minimum absolute atomic E-state index is 0.359. The summed E-state index contributed by atoms with van der Waals surface area (Å²) in [5.41, 5.74) is 11.1. The number of aromatic nitrogens is 4. The Labute approximate surface area is 194 Å². The maximum atomic E-state index is 11.9. The number of rotatable bonds is 4. The number of carbonyl (C=O) groups excluding carboxylic acids is 1. The van der Waals surface area contributed by atoms with Crippen LogP contribution in [0.25, 0.3) is 39.5 Å². The van der Waals surface area contributed by atoms with Crippen molar-refractivity contribution in [1.82, 2.24) is 19.5 Å². The lowest BCUT2D eigenvalue weighted by molar-refractivity contribution is 0.0600. The van der Waals surface area contributed by atoms with Gasteiger partial charge in [-0.15, -0.1) is 0 Å². The summed E-state index contributed by atoms with van der Waals surface area (Å²) in [6.07, 6.45) is 1.63. The van der Waals surface area contributed by atoms with E-state index < -0.39 is 5.97 Å². The molecule has 0 unspecified atom stereocenters. The molecule has 5 aromatic rings. The van der Waals surface area contributed by atoms with Gasteiger partial charge < -0.3 is 10.5 Å². The van der Waals surface area contributed by atoms with E-state index in [1.807, 2.05) is 65.2 Å². The van der Waals surface area contributed by atoms with Crippen LogP contribution in [0.1, 0.15) is 10.4 Å². The first kappa shape index (κ1) is 20.7. The largest absolute Gasteiger partial charge is 0.465 e. The highest BCUT2D eigenvalue weighted by Gasteiger charge is 2.19. The third-order valence-electron chi connectivity index (χ3n) is 5.27. The van der Waals surface area contributed by atoms with E-state index >= 15 is 0 Å². The smallest absolute Gasteiger partial charge is 0.337 e. The first-order valence-electron chi connectivity index (χ1n) is 10.1. The Morgan fingerprint density at radius 3 is 2.42 bits per heavy atom. The summed E-state index contributed by atoms with van der Waals surface area (Å²) in [6, 6.07) is 22.0. The van der Waals surface area contributed by atoms with Crippen molar-refractivity contribution < 1.29 is 9.53 Å². The van der Waals surface area contributed by atoms with Crippen LogP contribution in [-0.2, 0) is 4.74 Å². The van der Waals surface area contributed by atoms with Gasteiger partial charge in [0.2, 0.25) is 0 Å². The average Bonchev–Trinajstić information content (AvgIpc) is 3.23. The molecule has 8 heteroatoms. The van der Waals surface area contributed by atoms with Gasteiger partial charge in [0.1, 0.15) is 11.3 Å². The number of halogens is 1. The zero-order valence-corrected chi connectivity index (χ0v) is 18.3. The molecule has 0 aliphatic carbocycles. The number of anilines is 1. The Balaban J connectivity index is 1.75. The van der Waals surface area contributed by atoms with E-state index in [9.17, 15) is 4.79 Å². The molecule has 7 nitrogen and oxygen atoms in total. The second-order valence-corrected chi connectivity index (χ2v) is 7.73. The molecular weight excluding hydrogens is 438 g/mol. The van der Waals surface area contributed by atoms with E-state index in [-0.39, 0.29) is 0 Å². The Bertz CT molecular complexity index is 1480. The summed E-state index contributed by atoms with van der Waals surface area (Å²) >= 11 is 6.05. The normalized spacial score (nSPS) is 11.0. The molecule has 3 heterocycles. The molecule has 0 amide bonds. The summed E-state index contributed by atoms with van der Waals surface area (Å²) in [5, 5.41) is 0.657. The maximum Gasteiger partial charge on any atom is 0.337 e. The molecule has 2 N–H and O–H groups in total.